The maximum absolute atomic E-state index is 12.9. The third-order valence-electron chi connectivity index (χ3n) is 5.83. The number of piperazine rings is 1. The number of carbonyl (C=O) groups excluding carboxylic acids is 2. The van der Waals surface area contributed by atoms with E-state index in [0.29, 0.717) is 56.4 Å². The number of benzene rings is 1. The summed E-state index contributed by atoms with van der Waals surface area (Å²) in [5, 5.41) is 4.80. The van der Waals surface area contributed by atoms with Crippen molar-refractivity contribution in [3.05, 3.63) is 52.2 Å². The molecule has 4 rings (SSSR count). The average Bonchev–Trinajstić information content (AvgIpc) is 3.40. The predicted molar refractivity (Wildman–Crippen MR) is 125 cm³/mol. The van der Waals surface area contributed by atoms with Crippen molar-refractivity contribution in [3.63, 3.8) is 0 Å². The van der Waals surface area contributed by atoms with Crippen LogP contribution in [0, 0.1) is 0 Å². The van der Waals surface area contributed by atoms with E-state index in [-0.39, 0.29) is 16.7 Å². The maximum atomic E-state index is 12.9. The Kier molecular flexibility index (Phi) is 7.76. The first kappa shape index (κ1) is 23.8. The lowest BCUT2D eigenvalue weighted by atomic mass is 10.2. The van der Waals surface area contributed by atoms with Crippen LogP contribution in [0.5, 0.6) is 0 Å². The fraction of sp³-hybridized carbons (Fsp3) is 0.455. The second-order valence-electron chi connectivity index (χ2n) is 7.91. The molecule has 1 N–H and O–H groups in total. The summed E-state index contributed by atoms with van der Waals surface area (Å²) in [4.78, 5) is 29.8. The summed E-state index contributed by atoms with van der Waals surface area (Å²) in [5.41, 5.74) is 0.479. The Bertz CT molecular complexity index is 1040. The molecular weight excluding hydrogens is 464 g/mol. The number of hydrogen-bond acceptors (Lipinski definition) is 7. The monoisotopic (exact) mass is 492 g/mol. The second kappa shape index (κ2) is 10.7. The van der Waals surface area contributed by atoms with E-state index in [1.54, 1.807) is 23.1 Å². The van der Waals surface area contributed by atoms with Gasteiger partial charge in [0.05, 0.1) is 23.0 Å². The predicted octanol–water partition coefficient (Wildman–Crippen LogP) is 0.957. The number of nitrogens with zero attached hydrogens (tertiary/aromatic N) is 3. The van der Waals surface area contributed by atoms with Crippen molar-refractivity contribution in [2.75, 3.05) is 65.6 Å². The molecule has 0 saturated carbocycles. The largest absolute Gasteiger partial charge is 0.379 e. The van der Waals surface area contributed by atoms with E-state index in [1.807, 2.05) is 11.4 Å². The summed E-state index contributed by atoms with van der Waals surface area (Å²) < 4.78 is 32.1. The lowest BCUT2D eigenvalue weighted by molar-refractivity contribution is 0.0638. The molecule has 2 amide bonds. The van der Waals surface area contributed by atoms with Crippen molar-refractivity contribution < 1.29 is 22.7 Å². The Morgan fingerprint density at radius 3 is 2.30 bits per heavy atom. The van der Waals surface area contributed by atoms with Gasteiger partial charge in [-0.2, -0.15) is 4.31 Å². The highest BCUT2D eigenvalue weighted by Crippen LogP contribution is 2.19. The van der Waals surface area contributed by atoms with Crippen LogP contribution in [0.3, 0.4) is 0 Å². The Morgan fingerprint density at radius 2 is 1.67 bits per heavy atom. The van der Waals surface area contributed by atoms with Gasteiger partial charge < -0.3 is 15.0 Å². The number of morpholine rings is 1. The topological polar surface area (TPSA) is 99.3 Å². The van der Waals surface area contributed by atoms with E-state index in [9.17, 15) is 18.0 Å². The molecule has 0 atom stereocenters. The molecule has 178 valence electrons. The molecule has 11 heteroatoms. The summed E-state index contributed by atoms with van der Waals surface area (Å²) in [5.74, 6) is -0.158. The molecule has 0 bridgehead atoms. The van der Waals surface area contributed by atoms with Crippen molar-refractivity contribution in [1.82, 2.24) is 19.4 Å². The van der Waals surface area contributed by atoms with E-state index in [0.717, 1.165) is 19.6 Å². The molecule has 0 radical (unpaired) electrons. The van der Waals surface area contributed by atoms with Gasteiger partial charge in [0.25, 0.3) is 11.8 Å². The molecule has 9 nitrogen and oxygen atoms in total. The molecule has 2 aliphatic heterocycles. The van der Waals surface area contributed by atoms with E-state index >= 15 is 0 Å². The zero-order chi connectivity index (χ0) is 23.3. The minimum absolute atomic E-state index is 0.0575. The summed E-state index contributed by atoms with van der Waals surface area (Å²) in [7, 11) is -3.57. The van der Waals surface area contributed by atoms with E-state index in [1.165, 1.54) is 27.8 Å². The van der Waals surface area contributed by atoms with Crippen LogP contribution in [0.25, 0.3) is 0 Å². The number of sulfonamides is 1. The molecule has 0 aliphatic carbocycles. The van der Waals surface area contributed by atoms with Crippen LogP contribution in [-0.4, -0.2) is 99.9 Å². The number of ether oxygens (including phenoxy) is 1. The lowest BCUT2D eigenvalue weighted by Gasteiger charge is -2.34. The molecule has 1 aromatic carbocycles. The fourth-order valence-corrected chi connectivity index (χ4v) is 5.93. The summed E-state index contributed by atoms with van der Waals surface area (Å²) in [6.07, 6.45) is 0. The molecule has 3 heterocycles. The van der Waals surface area contributed by atoms with Crippen LogP contribution in [-0.2, 0) is 14.8 Å². The van der Waals surface area contributed by atoms with Gasteiger partial charge in [-0.05, 0) is 35.7 Å². The van der Waals surface area contributed by atoms with Crippen LogP contribution in [0.2, 0.25) is 0 Å². The Balaban J connectivity index is 1.25. The number of rotatable bonds is 7. The summed E-state index contributed by atoms with van der Waals surface area (Å²) in [6, 6.07) is 9.83. The van der Waals surface area contributed by atoms with Crippen molar-refractivity contribution in [3.8, 4) is 0 Å². The van der Waals surface area contributed by atoms with Gasteiger partial charge in [-0.1, -0.05) is 6.07 Å². The third-order valence-corrected chi connectivity index (χ3v) is 8.61. The van der Waals surface area contributed by atoms with Crippen LogP contribution in [0.1, 0.15) is 20.0 Å². The third kappa shape index (κ3) is 5.79. The van der Waals surface area contributed by atoms with Crippen LogP contribution in [0.15, 0.2) is 46.7 Å². The quantitative estimate of drug-likeness (QED) is 0.618. The van der Waals surface area contributed by atoms with Gasteiger partial charge >= 0.3 is 0 Å². The number of thiophene rings is 1. The van der Waals surface area contributed by atoms with Gasteiger partial charge in [0.1, 0.15) is 0 Å². The SMILES string of the molecule is O=C(NCCN1CCN(C(=O)c2ccc(S(=O)(=O)N3CCOCC3)cc2)CC1)c1cccs1. The van der Waals surface area contributed by atoms with Gasteiger partial charge in [0, 0.05) is 57.9 Å². The number of hydrogen-bond donors (Lipinski definition) is 1. The normalized spacial score (nSPS) is 18.2. The molecule has 0 unspecified atom stereocenters. The maximum Gasteiger partial charge on any atom is 0.261 e. The lowest BCUT2D eigenvalue weighted by Crippen LogP contribution is -2.50. The molecule has 2 aliphatic rings. The van der Waals surface area contributed by atoms with Gasteiger partial charge in [-0.3, -0.25) is 14.5 Å². The first-order valence-electron chi connectivity index (χ1n) is 11.0. The zero-order valence-corrected chi connectivity index (χ0v) is 19.9. The van der Waals surface area contributed by atoms with Crippen LogP contribution >= 0.6 is 11.3 Å². The van der Waals surface area contributed by atoms with Gasteiger partial charge in [0.2, 0.25) is 10.0 Å². The van der Waals surface area contributed by atoms with Crippen LogP contribution in [0.4, 0.5) is 0 Å². The molecule has 2 aromatic rings. The molecule has 2 saturated heterocycles. The number of carbonyl (C=O) groups is 2. The Hall–Kier alpha value is -2.31. The number of nitrogens with one attached hydrogen (secondary N) is 1. The molecule has 0 spiro atoms. The second-order valence-corrected chi connectivity index (χ2v) is 10.8. The molecule has 1 aromatic heterocycles. The highest BCUT2D eigenvalue weighted by Gasteiger charge is 2.27. The molecule has 2 fully saturated rings. The summed E-state index contributed by atoms with van der Waals surface area (Å²) >= 11 is 1.42. The van der Waals surface area contributed by atoms with E-state index in [2.05, 4.69) is 10.2 Å². The molecular formula is C22H28N4O5S2. The average molecular weight is 493 g/mol. The van der Waals surface area contributed by atoms with E-state index < -0.39 is 10.0 Å². The zero-order valence-electron chi connectivity index (χ0n) is 18.3. The first-order chi connectivity index (χ1) is 15.9. The minimum atomic E-state index is -3.57. The van der Waals surface area contributed by atoms with Crippen molar-refractivity contribution >= 4 is 33.2 Å². The smallest absolute Gasteiger partial charge is 0.261 e. The van der Waals surface area contributed by atoms with Crippen molar-refractivity contribution in [2.45, 2.75) is 4.90 Å². The highest BCUT2D eigenvalue weighted by atomic mass is 32.2. The fourth-order valence-electron chi connectivity index (χ4n) is 3.89. The molecule has 33 heavy (non-hydrogen) atoms. The van der Waals surface area contributed by atoms with Crippen LogP contribution < -0.4 is 5.32 Å². The van der Waals surface area contributed by atoms with Gasteiger partial charge in [0.15, 0.2) is 0 Å². The van der Waals surface area contributed by atoms with E-state index in [4.69, 9.17) is 4.74 Å². The first-order valence-corrected chi connectivity index (χ1v) is 13.3. The Labute approximate surface area is 198 Å². The summed E-state index contributed by atoms with van der Waals surface area (Å²) in [6.45, 7) is 5.38. The highest BCUT2D eigenvalue weighted by molar-refractivity contribution is 7.89. The number of amides is 2. The minimum Gasteiger partial charge on any atom is -0.379 e. The van der Waals surface area contributed by atoms with Crippen molar-refractivity contribution in [1.29, 1.82) is 0 Å². The van der Waals surface area contributed by atoms with Gasteiger partial charge in [-0.15, -0.1) is 11.3 Å². The Morgan fingerprint density at radius 1 is 0.970 bits per heavy atom. The standard InChI is InChI=1S/C22H28N4O5S2/c27-21(20-2-1-17-32-20)23-7-8-24-9-11-25(12-10-24)22(28)18-3-5-19(6-4-18)33(29,30)26-13-15-31-16-14-26/h1-6,17H,7-16H2,(H,23,27). The van der Waals surface area contributed by atoms with Crippen molar-refractivity contribution in [2.24, 2.45) is 0 Å². The van der Waals surface area contributed by atoms with Gasteiger partial charge in [-0.25, -0.2) is 8.42 Å².